The summed E-state index contributed by atoms with van der Waals surface area (Å²) in [7, 11) is 0. The Hall–Kier alpha value is -2.08. The molecule has 1 aromatic heterocycles. The molecule has 0 saturated heterocycles. The highest BCUT2D eigenvalue weighted by Crippen LogP contribution is 2.27. The van der Waals surface area contributed by atoms with Crippen LogP contribution in [-0.4, -0.2) is 27.4 Å². The predicted molar refractivity (Wildman–Crippen MR) is 94.0 cm³/mol. The van der Waals surface area contributed by atoms with Crippen molar-refractivity contribution < 1.29 is 9.84 Å². The van der Waals surface area contributed by atoms with Crippen molar-refractivity contribution in [2.75, 3.05) is 6.61 Å². The van der Waals surface area contributed by atoms with Gasteiger partial charge in [0.05, 0.1) is 28.8 Å². The van der Waals surface area contributed by atoms with Crippen LogP contribution in [0.25, 0.3) is 11.0 Å². The van der Waals surface area contributed by atoms with Crippen molar-refractivity contribution in [3.8, 4) is 5.75 Å². The van der Waals surface area contributed by atoms with Crippen LogP contribution in [0.15, 0.2) is 53.5 Å². The lowest BCUT2D eigenvalue weighted by Gasteiger charge is -2.16. The average molecular weight is 365 g/mol. The lowest BCUT2D eigenvalue weighted by atomic mass is 10.2. The van der Waals surface area contributed by atoms with Gasteiger partial charge >= 0.3 is 0 Å². The molecule has 5 nitrogen and oxygen atoms in total. The van der Waals surface area contributed by atoms with Gasteiger partial charge < -0.3 is 14.4 Å². The molecule has 0 radical (unpaired) electrons. The van der Waals surface area contributed by atoms with Gasteiger partial charge in [-0.25, -0.2) is 4.98 Å². The maximum absolute atomic E-state index is 12.0. The number of rotatable bonds is 5. The van der Waals surface area contributed by atoms with Crippen molar-refractivity contribution in [3.05, 3.63) is 69.1 Å². The van der Waals surface area contributed by atoms with Crippen molar-refractivity contribution in [2.45, 2.75) is 12.6 Å². The minimum absolute atomic E-state index is 0.00948. The molecular formula is C17H14Cl2N2O3. The van der Waals surface area contributed by atoms with Gasteiger partial charge in [-0.3, -0.25) is 4.79 Å². The van der Waals surface area contributed by atoms with E-state index < -0.39 is 6.10 Å². The fraction of sp³-hybridized carbons (Fsp3) is 0.176. The van der Waals surface area contributed by atoms with Gasteiger partial charge in [0.15, 0.2) is 0 Å². The summed E-state index contributed by atoms with van der Waals surface area (Å²) in [6, 6.07) is 12.1. The Bertz CT molecular complexity index is 927. The maximum atomic E-state index is 12.0. The molecule has 0 aliphatic heterocycles. The molecule has 24 heavy (non-hydrogen) atoms. The van der Waals surface area contributed by atoms with Gasteiger partial charge in [0.2, 0.25) is 0 Å². The van der Waals surface area contributed by atoms with Gasteiger partial charge in [0.25, 0.3) is 5.56 Å². The molecular weight excluding hydrogens is 351 g/mol. The zero-order valence-electron chi connectivity index (χ0n) is 12.5. The number of aliphatic hydroxyl groups is 1. The third kappa shape index (κ3) is 3.70. The molecule has 0 saturated carbocycles. The first-order valence-corrected chi connectivity index (χ1v) is 8.00. The van der Waals surface area contributed by atoms with Crippen molar-refractivity contribution in [3.63, 3.8) is 0 Å². The van der Waals surface area contributed by atoms with E-state index in [2.05, 4.69) is 4.98 Å². The molecule has 0 amide bonds. The Kier molecular flexibility index (Phi) is 5.04. The fourth-order valence-corrected chi connectivity index (χ4v) is 2.81. The molecule has 1 atom stereocenters. The van der Waals surface area contributed by atoms with Crippen LogP contribution in [0.1, 0.15) is 0 Å². The predicted octanol–water partition coefficient (Wildman–Crippen LogP) is 3.14. The Morgan fingerprint density at radius 3 is 2.79 bits per heavy atom. The van der Waals surface area contributed by atoms with Crippen molar-refractivity contribution in [1.82, 2.24) is 9.55 Å². The number of para-hydroxylation sites is 2. The van der Waals surface area contributed by atoms with Crippen LogP contribution in [0.2, 0.25) is 10.0 Å². The Morgan fingerprint density at radius 1 is 1.21 bits per heavy atom. The van der Waals surface area contributed by atoms with Gasteiger partial charge in [-0.15, -0.1) is 0 Å². The molecule has 1 unspecified atom stereocenters. The van der Waals surface area contributed by atoms with Gasteiger partial charge in [-0.05, 0) is 30.3 Å². The highest BCUT2D eigenvalue weighted by Gasteiger charge is 2.12. The molecule has 0 bridgehead atoms. The summed E-state index contributed by atoms with van der Waals surface area (Å²) in [4.78, 5) is 16.1. The quantitative estimate of drug-likeness (QED) is 0.755. The molecule has 3 aromatic rings. The average Bonchev–Trinajstić information content (AvgIpc) is 2.57. The van der Waals surface area contributed by atoms with Crippen LogP contribution in [0.5, 0.6) is 5.75 Å². The van der Waals surface area contributed by atoms with Gasteiger partial charge in [-0.1, -0.05) is 35.3 Å². The molecule has 2 aromatic carbocycles. The van der Waals surface area contributed by atoms with Crippen LogP contribution in [0.4, 0.5) is 0 Å². The smallest absolute Gasteiger partial charge is 0.269 e. The van der Waals surface area contributed by atoms with Crippen LogP contribution in [0, 0.1) is 0 Å². The standard InChI is InChI=1S/C17H14Cl2N2O3/c18-11-5-6-16(13(19)7-11)24-10-12(22)9-21-15-4-2-1-3-14(15)20-8-17(21)23/h1-8,12,22H,9-10H2. The summed E-state index contributed by atoms with van der Waals surface area (Å²) < 4.78 is 6.98. The number of aromatic nitrogens is 2. The molecule has 124 valence electrons. The second-order valence-corrected chi connectivity index (χ2v) is 6.08. The number of ether oxygens (including phenoxy) is 1. The van der Waals surface area contributed by atoms with Gasteiger partial charge in [0, 0.05) is 5.02 Å². The lowest BCUT2D eigenvalue weighted by Crippen LogP contribution is -2.30. The van der Waals surface area contributed by atoms with E-state index in [-0.39, 0.29) is 18.7 Å². The number of benzene rings is 2. The number of halogens is 2. The monoisotopic (exact) mass is 364 g/mol. The van der Waals surface area contributed by atoms with E-state index >= 15 is 0 Å². The molecule has 0 spiro atoms. The minimum atomic E-state index is -0.889. The van der Waals surface area contributed by atoms with Crippen LogP contribution in [-0.2, 0) is 6.54 Å². The number of hydrogen-bond donors (Lipinski definition) is 1. The molecule has 1 N–H and O–H groups in total. The molecule has 0 aliphatic carbocycles. The first-order valence-electron chi connectivity index (χ1n) is 7.25. The van der Waals surface area contributed by atoms with Crippen LogP contribution < -0.4 is 10.3 Å². The van der Waals surface area contributed by atoms with E-state index in [0.717, 1.165) is 0 Å². The Balaban J connectivity index is 1.74. The van der Waals surface area contributed by atoms with Gasteiger partial charge in [-0.2, -0.15) is 0 Å². The summed E-state index contributed by atoms with van der Waals surface area (Å²) in [5.41, 5.74) is 1.07. The molecule has 0 fully saturated rings. The zero-order valence-corrected chi connectivity index (χ0v) is 14.0. The van der Waals surface area contributed by atoms with Crippen molar-refractivity contribution in [2.24, 2.45) is 0 Å². The summed E-state index contributed by atoms with van der Waals surface area (Å²) in [6.45, 7) is 0.0809. The number of nitrogens with zero attached hydrogens (tertiary/aromatic N) is 2. The SMILES string of the molecule is O=c1cnc2ccccc2n1CC(O)COc1ccc(Cl)cc1Cl. The summed E-state index contributed by atoms with van der Waals surface area (Å²) >= 11 is 11.8. The highest BCUT2D eigenvalue weighted by molar-refractivity contribution is 6.35. The molecule has 3 rings (SSSR count). The Morgan fingerprint density at radius 2 is 2.00 bits per heavy atom. The third-order valence-electron chi connectivity index (χ3n) is 3.47. The molecule has 0 aliphatic rings. The summed E-state index contributed by atoms with van der Waals surface area (Å²) in [6.07, 6.45) is 0.353. The highest BCUT2D eigenvalue weighted by atomic mass is 35.5. The minimum Gasteiger partial charge on any atom is -0.489 e. The van der Waals surface area contributed by atoms with Gasteiger partial charge in [0.1, 0.15) is 18.5 Å². The second kappa shape index (κ2) is 7.21. The van der Waals surface area contributed by atoms with Crippen molar-refractivity contribution >= 4 is 34.2 Å². The maximum Gasteiger partial charge on any atom is 0.269 e. The first-order chi connectivity index (χ1) is 11.5. The van der Waals surface area contributed by atoms with E-state index in [9.17, 15) is 9.90 Å². The van der Waals surface area contributed by atoms with Crippen LogP contribution >= 0.6 is 23.2 Å². The normalized spacial score (nSPS) is 12.3. The van der Waals surface area contributed by atoms with E-state index in [0.29, 0.717) is 26.8 Å². The Labute approximate surface area is 148 Å². The van der Waals surface area contributed by atoms with Crippen LogP contribution in [0.3, 0.4) is 0 Å². The van der Waals surface area contributed by atoms with E-state index in [4.69, 9.17) is 27.9 Å². The lowest BCUT2D eigenvalue weighted by molar-refractivity contribution is 0.0927. The van der Waals surface area contributed by atoms with Crippen molar-refractivity contribution in [1.29, 1.82) is 0 Å². The zero-order chi connectivity index (χ0) is 17.1. The molecule has 7 heteroatoms. The number of fused-ring (bicyclic) bond motifs is 1. The van der Waals surface area contributed by atoms with E-state index in [1.54, 1.807) is 24.3 Å². The fourth-order valence-electron chi connectivity index (χ4n) is 2.34. The number of aliphatic hydroxyl groups excluding tert-OH is 1. The molecule has 1 heterocycles. The van der Waals surface area contributed by atoms with E-state index in [1.165, 1.54) is 10.8 Å². The second-order valence-electron chi connectivity index (χ2n) is 5.24. The first kappa shape index (κ1) is 16.8. The largest absolute Gasteiger partial charge is 0.489 e. The summed E-state index contributed by atoms with van der Waals surface area (Å²) in [5, 5.41) is 11.1. The topological polar surface area (TPSA) is 64.4 Å². The van der Waals surface area contributed by atoms with E-state index in [1.807, 2.05) is 18.2 Å². The summed E-state index contributed by atoms with van der Waals surface area (Å²) in [5.74, 6) is 0.423. The number of hydrogen-bond acceptors (Lipinski definition) is 4. The third-order valence-corrected chi connectivity index (χ3v) is 4.00.